The van der Waals surface area contributed by atoms with Gasteiger partial charge in [-0.25, -0.2) is 4.98 Å². The van der Waals surface area contributed by atoms with Crippen molar-refractivity contribution in [2.24, 2.45) is 0 Å². The van der Waals surface area contributed by atoms with Gasteiger partial charge in [0.1, 0.15) is 6.07 Å². The van der Waals surface area contributed by atoms with E-state index in [9.17, 15) is 0 Å². The second kappa shape index (κ2) is 3.84. The fraction of sp³-hybridized carbons (Fsp3) is 0.111. The molecule has 1 rings (SSSR count). The molecule has 0 N–H and O–H groups in total. The number of allylic oxidation sites excluding steroid dienone is 1. The largest absolute Gasteiger partial charge is 0.226 e. The van der Waals surface area contributed by atoms with Gasteiger partial charge in [0.25, 0.3) is 0 Å². The molecule has 1 heterocycles. The van der Waals surface area contributed by atoms with E-state index in [-0.39, 0.29) is 0 Å². The maximum atomic E-state index is 8.58. The zero-order chi connectivity index (χ0) is 8.97. The van der Waals surface area contributed by atoms with Gasteiger partial charge in [-0.15, -0.1) is 11.3 Å². The molecule has 0 saturated heterocycles. The molecule has 0 atom stereocenters. The fourth-order valence-corrected chi connectivity index (χ4v) is 1.51. The monoisotopic (exact) mass is 176 g/mol. The van der Waals surface area contributed by atoms with Crippen molar-refractivity contribution in [2.45, 2.75) is 6.92 Å². The van der Waals surface area contributed by atoms with Gasteiger partial charge in [0.05, 0.1) is 10.6 Å². The van der Waals surface area contributed by atoms with E-state index in [2.05, 4.69) is 11.6 Å². The number of rotatable bonds is 2. The standard InChI is InChI=1S/C9H8N2S/c1-3-5-7-8(4-2)12-9(6-10)11-7/h3-5H,2H2,1H3/b5-3-. The Hall–Kier alpha value is -1.40. The van der Waals surface area contributed by atoms with Crippen molar-refractivity contribution in [1.82, 2.24) is 4.98 Å². The average Bonchev–Trinajstić information content (AvgIpc) is 2.48. The molecular weight excluding hydrogens is 168 g/mol. The van der Waals surface area contributed by atoms with Crippen LogP contribution in [0.2, 0.25) is 0 Å². The molecule has 1 aromatic heterocycles. The predicted molar refractivity (Wildman–Crippen MR) is 51.6 cm³/mol. The molecule has 60 valence electrons. The van der Waals surface area contributed by atoms with Crippen molar-refractivity contribution >= 4 is 23.5 Å². The van der Waals surface area contributed by atoms with Crippen molar-refractivity contribution in [2.75, 3.05) is 0 Å². The van der Waals surface area contributed by atoms with Crippen LogP contribution in [0.3, 0.4) is 0 Å². The second-order valence-corrected chi connectivity index (χ2v) is 3.12. The maximum Gasteiger partial charge on any atom is 0.195 e. The van der Waals surface area contributed by atoms with E-state index in [1.165, 1.54) is 11.3 Å². The molecule has 0 aliphatic rings. The molecule has 2 nitrogen and oxygen atoms in total. The van der Waals surface area contributed by atoms with E-state index >= 15 is 0 Å². The third kappa shape index (κ3) is 1.60. The molecule has 0 aromatic carbocycles. The van der Waals surface area contributed by atoms with Crippen LogP contribution in [0.25, 0.3) is 12.2 Å². The fourth-order valence-electron chi connectivity index (χ4n) is 0.815. The molecule has 0 aliphatic carbocycles. The number of nitriles is 1. The van der Waals surface area contributed by atoms with Crippen molar-refractivity contribution in [3.8, 4) is 6.07 Å². The smallest absolute Gasteiger partial charge is 0.195 e. The quantitative estimate of drug-likeness (QED) is 0.694. The van der Waals surface area contributed by atoms with Crippen LogP contribution in [0.15, 0.2) is 12.7 Å². The van der Waals surface area contributed by atoms with E-state index in [1.807, 2.05) is 25.1 Å². The lowest BCUT2D eigenvalue weighted by Crippen LogP contribution is -1.74. The summed E-state index contributed by atoms with van der Waals surface area (Å²) >= 11 is 1.36. The summed E-state index contributed by atoms with van der Waals surface area (Å²) in [7, 11) is 0. The first-order valence-corrected chi connectivity index (χ1v) is 4.29. The minimum atomic E-state index is 0.484. The highest BCUT2D eigenvalue weighted by Gasteiger charge is 2.03. The minimum Gasteiger partial charge on any atom is -0.226 e. The lowest BCUT2D eigenvalue weighted by atomic mass is 10.3. The molecule has 0 amide bonds. The highest BCUT2D eigenvalue weighted by atomic mass is 32.1. The molecular formula is C9H8N2S. The Morgan fingerprint density at radius 3 is 2.92 bits per heavy atom. The second-order valence-electron chi connectivity index (χ2n) is 2.08. The van der Waals surface area contributed by atoms with Crippen molar-refractivity contribution < 1.29 is 0 Å². The van der Waals surface area contributed by atoms with Gasteiger partial charge >= 0.3 is 0 Å². The maximum absolute atomic E-state index is 8.58. The first-order chi connectivity index (χ1) is 5.81. The molecule has 0 unspecified atom stereocenters. The summed E-state index contributed by atoms with van der Waals surface area (Å²) in [6.45, 7) is 5.56. The number of hydrogen-bond donors (Lipinski definition) is 0. The van der Waals surface area contributed by atoms with Crippen molar-refractivity contribution in [1.29, 1.82) is 5.26 Å². The molecule has 0 radical (unpaired) electrons. The average molecular weight is 176 g/mol. The van der Waals surface area contributed by atoms with Gasteiger partial charge in [-0.2, -0.15) is 5.26 Å². The third-order valence-corrected chi connectivity index (χ3v) is 2.26. The number of hydrogen-bond acceptors (Lipinski definition) is 3. The van der Waals surface area contributed by atoms with Crippen LogP contribution in [0.1, 0.15) is 22.5 Å². The van der Waals surface area contributed by atoms with Gasteiger partial charge in [-0.05, 0) is 19.1 Å². The van der Waals surface area contributed by atoms with E-state index < -0.39 is 0 Å². The normalized spacial score (nSPS) is 10.0. The molecule has 0 saturated carbocycles. The highest BCUT2D eigenvalue weighted by molar-refractivity contribution is 7.13. The lowest BCUT2D eigenvalue weighted by molar-refractivity contribution is 1.32. The Balaban J connectivity index is 3.18. The summed E-state index contributed by atoms with van der Waals surface area (Å²) in [6, 6.07) is 2.01. The topological polar surface area (TPSA) is 36.7 Å². The zero-order valence-corrected chi connectivity index (χ0v) is 7.56. The van der Waals surface area contributed by atoms with Gasteiger partial charge in [0.2, 0.25) is 0 Å². The van der Waals surface area contributed by atoms with Gasteiger partial charge in [0.15, 0.2) is 5.01 Å². The Morgan fingerprint density at radius 1 is 1.67 bits per heavy atom. The molecule has 0 bridgehead atoms. The van der Waals surface area contributed by atoms with Crippen LogP contribution >= 0.6 is 11.3 Å². The third-order valence-electron chi connectivity index (χ3n) is 1.29. The Bertz CT molecular complexity index is 355. The SMILES string of the molecule is C=Cc1sc(C#N)nc1/C=C\C. The Kier molecular flexibility index (Phi) is 2.78. The van der Waals surface area contributed by atoms with E-state index in [4.69, 9.17) is 5.26 Å². The summed E-state index contributed by atoms with van der Waals surface area (Å²) in [4.78, 5) is 5.04. The van der Waals surface area contributed by atoms with Crippen molar-refractivity contribution in [3.63, 3.8) is 0 Å². The molecule has 0 fully saturated rings. The van der Waals surface area contributed by atoms with Crippen LogP contribution in [-0.2, 0) is 0 Å². The number of nitrogens with zero attached hydrogens (tertiary/aromatic N) is 2. The summed E-state index contributed by atoms with van der Waals surface area (Å²) < 4.78 is 0. The summed E-state index contributed by atoms with van der Waals surface area (Å²) in [5.74, 6) is 0. The number of aromatic nitrogens is 1. The summed E-state index contributed by atoms with van der Waals surface area (Å²) in [5, 5.41) is 9.06. The Morgan fingerprint density at radius 2 is 2.42 bits per heavy atom. The minimum absolute atomic E-state index is 0.484. The summed E-state index contributed by atoms with van der Waals surface area (Å²) in [6.07, 6.45) is 5.48. The predicted octanol–water partition coefficient (Wildman–Crippen LogP) is 2.69. The van der Waals surface area contributed by atoms with Crippen LogP contribution in [0.5, 0.6) is 0 Å². The van der Waals surface area contributed by atoms with Crippen LogP contribution in [-0.4, -0.2) is 4.98 Å². The van der Waals surface area contributed by atoms with E-state index in [0.29, 0.717) is 5.01 Å². The van der Waals surface area contributed by atoms with E-state index in [1.54, 1.807) is 6.08 Å². The van der Waals surface area contributed by atoms with Gasteiger partial charge in [-0.1, -0.05) is 12.7 Å². The van der Waals surface area contributed by atoms with E-state index in [0.717, 1.165) is 10.6 Å². The van der Waals surface area contributed by atoms with Crippen LogP contribution in [0, 0.1) is 11.3 Å². The molecule has 0 spiro atoms. The van der Waals surface area contributed by atoms with Gasteiger partial charge < -0.3 is 0 Å². The zero-order valence-electron chi connectivity index (χ0n) is 6.74. The molecule has 3 heteroatoms. The van der Waals surface area contributed by atoms with Crippen LogP contribution in [0.4, 0.5) is 0 Å². The molecule has 0 aliphatic heterocycles. The highest BCUT2D eigenvalue weighted by Crippen LogP contribution is 2.20. The molecule has 12 heavy (non-hydrogen) atoms. The Labute approximate surface area is 75.5 Å². The van der Waals surface area contributed by atoms with Crippen LogP contribution < -0.4 is 0 Å². The van der Waals surface area contributed by atoms with Gasteiger partial charge in [0, 0.05) is 0 Å². The molecule has 1 aromatic rings. The first kappa shape index (κ1) is 8.69. The first-order valence-electron chi connectivity index (χ1n) is 3.48. The lowest BCUT2D eigenvalue weighted by Gasteiger charge is -1.84. The summed E-state index contributed by atoms with van der Waals surface area (Å²) in [5.41, 5.74) is 0.828. The van der Waals surface area contributed by atoms with Crippen molar-refractivity contribution in [3.05, 3.63) is 28.2 Å². The number of thiazole rings is 1. The van der Waals surface area contributed by atoms with Gasteiger partial charge in [-0.3, -0.25) is 0 Å².